The summed E-state index contributed by atoms with van der Waals surface area (Å²) in [6, 6.07) is 2.27. The van der Waals surface area contributed by atoms with Gasteiger partial charge in [0.2, 0.25) is 0 Å². The molecule has 1 amide bonds. The van der Waals surface area contributed by atoms with Crippen LogP contribution in [0.15, 0.2) is 17.0 Å². The molecular weight excluding hydrogens is 317 g/mol. The molecule has 1 aromatic rings. The largest absolute Gasteiger partial charge is 0.347 e. The SMILES string of the molecule is CCC(C)(CC)NC(=O)c1cc(C)c(F)c(S(=O)(=O)Cl)c1. The van der Waals surface area contributed by atoms with Crippen LogP contribution < -0.4 is 5.32 Å². The summed E-state index contributed by atoms with van der Waals surface area (Å²) in [5.74, 6) is -1.39. The Balaban J connectivity index is 3.27. The molecule has 0 heterocycles. The molecule has 0 bridgehead atoms. The summed E-state index contributed by atoms with van der Waals surface area (Å²) in [4.78, 5) is 11.6. The molecule has 0 fully saturated rings. The van der Waals surface area contributed by atoms with Crippen LogP contribution >= 0.6 is 10.7 Å². The molecule has 0 aliphatic carbocycles. The van der Waals surface area contributed by atoms with E-state index in [1.54, 1.807) is 0 Å². The van der Waals surface area contributed by atoms with Crippen molar-refractivity contribution in [2.24, 2.45) is 0 Å². The van der Waals surface area contributed by atoms with Crippen LogP contribution in [0.2, 0.25) is 0 Å². The third-order valence-electron chi connectivity index (χ3n) is 3.72. The molecular formula is C14H19ClFNO3S. The van der Waals surface area contributed by atoms with Crippen molar-refractivity contribution in [3.8, 4) is 0 Å². The normalized spacial score (nSPS) is 12.3. The summed E-state index contributed by atoms with van der Waals surface area (Å²) in [6.45, 7) is 7.15. The maximum absolute atomic E-state index is 13.8. The zero-order valence-electron chi connectivity index (χ0n) is 12.5. The predicted molar refractivity (Wildman–Crippen MR) is 80.6 cm³/mol. The van der Waals surface area contributed by atoms with Gasteiger partial charge in [0.05, 0.1) is 0 Å². The molecule has 118 valence electrons. The first-order valence-corrected chi connectivity index (χ1v) is 8.92. The number of halogens is 2. The van der Waals surface area contributed by atoms with Crippen molar-refractivity contribution < 1.29 is 17.6 Å². The molecule has 0 saturated heterocycles. The molecule has 0 spiro atoms. The van der Waals surface area contributed by atoms with Gasteiger partial charge in [-0.2, -0.15) is 0 Å². The van der Waals surface area contributed by atoms with Crippen LogP contribution in [0.3, 0.4) is 0 Å². The van der Waals surface area contributed by atoms with E-state index in [2.05, 4.69) is 5.32 Å². The molecule has 1 rings (SSSR count). The van der Waals surface area contributed by atoms with Crippen molar-refractivity contribution in [2.75, 3.05) is 0 Å². The van der Waals surface area contributed by atoms with Crippen molar-refractivity contribution in [1.29, 1.82) is 0 Å². The summed E-state index contributed by atoms with van der Waals surface area (Å²) in [7, 11) is 0.951. The fourth-order valence-corrected chi connectivity index (χ4v) is 2.80. The summed E-state index contributed by atoms with van der Waals surface area (Å²) < 4.78 is 36.6. The first-order valence-electron chi connectivity index (χ1n) is 6.61. The summed E-state index contributed by atoms with van der Waals surface area (Å²) in [6.07, 6.45) is 1.44. The van der Waals surface area contributed by atoms with Crippen LogP contribution in [0.5, 0.6) is 0 Å². The first-order chi connectivity index (χ1) is 9.54. The van der Waals surface area contributed by atoms with Gasteiger partial charge in [0.15, 0.2) is 0 Å². The Kier molecular flexibility index (Phi) is 5.39. The number of carbonyl (C=O) groups excluding carboxylic acids is 1. The van der Waals surface area contributed by atoms with Crippen molar-refractivity contribution in [2.45, 2.75) is 51.0 Å². The quantitative estimate of drug-likeness (QED) is 0.839. The summed E-state index contributed by atoms with van der Waals surface area (Å²) >= 11 is 0. The zero-order chi connectivity index (χ0) is 16.4. The summed E-state index contributed by atoms with van der Waals surface area (Å²) in [5.41, 5.74) is -0.280. The Morgan fingerprint density at radius 2 is 1.86 bits per heavy atom. The summed E-state index contributed by atoms with van der Waals surface area (Å²) in [5, 5.41) is 2.84. The average molecular weight is 336 g/mol. The van der Waals surface area contributed by atoms with Gasteiger partial charge in [0.1, 0.15) is 10.7 Å². The van der Waals surface area contributed by atoms with E-state index in [4.69, 9.17) is 10.7 Å². The molecule has 4 nitrogen and oxygen atoms in total. The maximum Gasteiger partial charge on any atom is 0.264 e. The molecule has 0 atom stereocenters. The van der Waals surface area contributed by atoms with E-state index in [9.17, 15) is 17.6 Å². The molecule has 0 radical (unpaired) electrons. The molecule has 1 aromatic carbocycles. The second kappa shape index (κ2) is 6.32. The van der Waals surface area contributed by atoms with Gasteiger partial charge in [-0.3, -0.25) is 4.79 Å². The predicted octanol–water partition coefficient (Wildman–Crippen LogP) is 3.37. The maximum atomic E-state index is 13.8. The van der Waals surface area contributed by atoms with Crippen molar-refractivity contribution >= 4 is 25.6 Å². The van der Waals surface area contributed by atoms with Gasteiger partial charge in [-0.25, -0.2) is 12.8 Å². The van der Waals surface area contributed by atoms with Crippen LogP contribution in [-0.2, 0) is 9.05 Å². The smallest absolute Gasteiger partial charge is 0.264 e. The van der Waals surface area contributed by atoms with Gasteiger partial charge in [-0.15, -0.1) is 0 Å². The van der Waals surface area contributed by atoms with E-state index in [0.717, 1.165) is 18.9 Å². The molecule has 0 saturated carbocycles. The van der Waals surface area contributed by atoms with Gasteiger partial charge in [-0.05, 0) is 44.4 Å². The Morgan fingerprint density at radius 3 is 2.29 bits per heavy atom. The van der Waals surface area contributed by atoms with Crippen LogP contribution in [0.1, 0.15) is 49.5 Å². The molecule has 21 heavy (non-hydrogen) atoms. The minimum atomic E-state index is -4.25. The standard InChI is InChI=1S/C14H19ClFNO3S/c1-5-14(4,6-2)17-13(18)10-7-9(3)12(16)11(8-10)21(15,19)20/h7-8H,5-6H2,1-4H3,(H,17,18). The first kappa shape index (κ1) is 17.9. The lowest BCUT2D eigenvalue weighted by Gasteiger charge is -2.28. The van der Waals surface area contributed by atoms with Crippen LogP contribution in [-0.4, -0.2) is 19.9 Å². The van der Waals surface area contributed by atoms with E-state index in [0.29, 0.717) is 0 Å². The van der Waals surface area contributed by atoms with Crippen LogP contribution in [0.25, 0.3) is 0 Å². The number of aryl methyl sites for hydroxylation is 1. The number of hydrogen-bond donors (Lipinski definition) is 1. The van der Waals surface area contributed by atoms with E-state index in [1.165, 1.54) is 13.0 Å². The van der Waals surface area contributed by atoms with Gasteiger partial charge in [-0.1, -0.05) is 13.8 Å². The topological polar surface area (TPSA) is 63.2 Å². The Bertz CT molecular complexity index is 654. The highest BCUT2D eigenvalue weighted by atomic mass is 35.7. The van der Waals surface area contributed by atoms with Gasteiger partial charge in [0.25, 0.3) is 15.0 Å². The van der Waals surface area contributed by atoms with E-state index in [1.807, 2.05) is 20.8 Å². The zero-order valence-corrected chi connectivity index (χ0v) is 14.0. The lowest BCUT2D eigenvalue weighted by Crippen LogP contribution is -2.45. The number of nitrogens with one attached hydrogen (secondary N) is 1. The van der Waals surface area contributed by atoms with Crippen molar-refractivity contribution in [3.05, 3.63) is 29.1 Å². The third kappa shape index (κ3) is 4.17. The minimum absolute atomic E-state index is 0.0524. The highest BCUT2D eigenvalue weighted by Gasteiger charge is 2.25. The highest BCUT2D eigenvalue weighted by Crippen LogP contribution is 2.24. The van der Waals surface area contributed by atoms with Gasteiger partial charge < -0.3 is 5.32 Å². The van der Waals surface area contributed by atoms with Gasteiger partial charge >= 0.3 is 0 Å². The Morgan fingerprint density at radius 1 is 1.33 bits per heavy atom. The fraction of sp³-hybridized carbons (Fsp3) is 0.500. The Labute approximate surface area is 129 Å². The minimum Gasteiger partial charge on any atom is -0.347 e. The molecule has 0 aromatic heterocycles. The molecule has 0 aliphatic rings. The van der Waals surface area contributed by atoms with E-state index < -0.39 is 31.2 Å². The monoisotopic (exact) mass is 335 g/mol. The van der Waals surface area contributed by atoms with Crippen molar-refractivity contribution in [1.82, 2.24) is 5.32 Å². The number of rotatable bonds is 5. The number of benzene rings is 1. The van der Waals surface area contributed by atoms with Crippen molar-refractivity contribution in [3.63, 3.8) is 0 Å². The lowest BCUT2D eigenvalue weighted by atomic mass is 9.95. The average Bonchev–Trinajstić information content (AvgIpc) is 2.40. The van der Waals surface area contributed by atoms with Gasteiger partial charge in [0, 0.05) is 21.8 Å². The number of hydrogen-bond acceptors (Lipinski definition) is 3. The molecule has 0 unspecified atom stereocenters. The van der Waals surface area contributed by atoms with Crippen LogP contribution in [0.4, 0.5) is 4.39 Å². The fourth-order valence-electron chi connectivity index (χ4n) is 1.82. The van der Waals surface area contributed by atoms with Crippen LogP contribution in [0, 0.1) is 12.7 Å². The lowest BCUT2D eigenvalue weighted by molar-refractivity contribution is 0.0900. The third-order valence-corrected chi connectivity index (χ3v) is 5.04. The van der Waals surface area contributed by atoms with E-state index in [-0.39, 0.29) is 11.1 Å². The van der Waals surface area contributed by atoms with E-state index >= 15 is 0 Å². The Hall–Kier alpha value is -1.14. The molecule has 7 heteroatoms. The highest BCUT2D eigenvalue weighted by molar-refractivity contribution is 8.13. The molecule has 1 N–H and O–H groups in total. The number of carbonyl (C=O) groups is 1. The number of amides is 1. The molecule has 0 aliphatic heterocycles. The second-order valence-electron chi connectivity index (χ2n) is 5.27. The second-order valence-corrected chi connectivity index (χ2v) is 7.80.